The summed E-state index contributed by atoms with van der Waals surface area (Å²) in [6.07, 6.45) is 0. The highest BCUT2D eigenvalue weighted by molar-refractivity contribution is 9.10. The molecule has 0 bridgehead atoms. The third-order valence-corrected chi connectivity index (χ3v) is 7.95. The zero-order valence-electron chi connectivity index (χ0n) is 20.2. The zero-order chi connectivity index (χ0) is 26.3. The van der Waals surface area contributed by atoms with E-state index in [-0.39, 0.29) is 23.0 Å². The van der Waals surface area contributed by atoms with Gasteiger partial charge in [-0.1, -0.05) is 58.4 Å². The average Bonchev–Trinajstić information content (AvgIpc) is 2.90. The van der Waals surface area contributed by atoms with E-state index in [1.807, 2.05) is 24.3 Å². The molecular formula is C26H28BrN3O5S. The lowest BCUT2D eigenvalue weighted by Crippen LogP contribution is -2.50. The van der Waals surface area contributed by atoms with E-state index in [0.29, 0.717) is 5.75 Å². The third-order valence-electron chi connectivity index (χ3n) is 5.64. The number of halogens is 1. The number of benzene rings is 3. The molecule has 36 heavy (non-hydrogen) atoms. The first-order valence-electron chi connectivity index (χ1n) is 11.2. The molecule has 0 aromatic heterocycles. The van der Waals surface area contributed by atoms with E-state index in [1.165, 1.54) is 31.2 Å². The predicted octanol–water partition coefficient (Wildman–Crippen LogP) is 3.82. The maximum Gasteiger partial charge on any atom is 0.264 e. The van der Waals surface area contributed by atoms with E-state index in [9.17, 15) is 18.0 Å². The van der Waals surface area contributed by atoms with Crippen LogP contribution in [0.3, 0.4) is 0 Å². The van der Waals surface area contributed by atoms with Crippen molar-refractivity contribution in [2.75, 3.05) is 25.0 Å². The van der Waals surface area contributed by atoms with Gasteiger partial charge in [-0.25, -0.2) is 8.42 Å². The molecule has 0 aliphatic carbocycles. The molecule has 0 unspecified atom stereocenters. The Kier molecular flexibility index (Phi) is 9.11. The SMILES string of the molecule is CNC(=O)[C@H](C)N(Cc1ccc(Br)cc1)C(=O)CN(c1ccccc1OC)S(=O)(=O)c1ccccc1. The topological polar surface area (TPSA) is 96.0 Å². The number of ether oxygens (including phenoxy) is 1. The van der Waals surface area contributed by atoms with Crippen molar-refractivity contribution in [3.8, 4) is 5.75 Å². The Hall–Kier alpha value is -3.37. The number of sulfonamides is 1. The van der Waals surface area contributed by atoms with Crippen LogP contribution in [0.2, 0.25) is 0 Å². The molecule has 8 nitrogen and oxygen atoms in total. The Morgan fingerprint density at radius 3 is 2.19 bits per heavy atom. The molecule has 1 atom stereocenters. The van der Waals surface area contributed by atoms with Crippen LogP contribution in [-0.4, -0.2) is 51.9 Å². The molecule has 2 amide bonds. The van der Waals surface area contributed by atoms with Crippen molar-refractivity contribution >= 4 is 43.5 Å². The number of carbonyl (C=O) groups excluding carboxylic acids is 2. The molecule has 0 saturated carbocycles. The van der Waals surface area contributed by atoms with E-state index in [4.69, 9.17) is 4.74 Å². The first kappa shape index (κ1) is 27.2. The lowest BCUT2D eigenvalue weighted by atomic mass is 10.1. The Morgan fingerprint density at radius 1 is 0.972 bits per heavy atom. The van der Waals surface area contributed by atoms with Crippen molar-refractivity contribution in [3.05, 3.63) is 88.9 Å². The molecule has 190 valence electrons. The molecule has 0 saturated heterocycles. The molecule has 0 radical (unpaired) electrons. The Bertz CT molecular complexity index is 1300. The van der Waals surface area contributed by atoms with Gasteiger partial charge in [0.1, 0.15) is 18.3 Å². The van der Waals surface area contributed by atoms with Gasteiger partial charge in [-0.15, -0.1) is 0 Å². The molecule has 1 N–H and O–H groups in total. The number of rotatable bonds is 10. The van der Waals surface area contributed by atoms with Crippen LogP contribution in [0, 0.1) is 0 Å². The Morgan fingerprint density at radius 2 is 1.58 bits per heavy atom. The van der Waals surface area contributed by atoms with E-state index < -0.39 is 28.5 Å². The van der Waals surface area contributed by atoms with Gasteiger partial charge in [0.15, 0.2) is 0 Å². The van der Waals surface area contributed by atoms with Crippen LogP contribution in [0.25, 0.3) is 0 Å². The number of anilines is 1. The summed E-state index contributed by atoms with van der Waals surface area (Å²) in [7, 11) is -1.23. The highest BCUT2D eigenvalue weighted by Crippen LogP contribution is 2.32. The van der Waals surface area contributed by atoms with Crippen LogP contribution < -0.4 is 14.4 Å². The highest BCUT2D eigenvalue weighted by Gasteiger charge is 2.33. The summed E-state index contributed by atoms with van der Waals surface area (Å²) in [5.41, 5.74) is 1.01. The minimum Gasteiger partial charge on any atom is -0.495 e. The number of carbonyl (C=O) groups is 2. The molecule has 0 spiro atoms. The van der Waals surface area contributed by atoms with E-state index >= 15 is 0 Å². The second-order valence-electron chi connectivity index (χ2n) is 7.93. The van der Waals surface area contributed by atoms with Crippen molar-refractivity contribution in [1.29, 1.82) is 0 Å². The van der Waals surface area contributed by atoms with Gasteiger partial charge in [0.25, 0.3) is 10.0 Å². The first-order valence-corrected chi connectivity index (χ1v) is 13.4. The molecule has 0 aliphatic rings. The van der Waals surface area contributed by atoms with Crippen molar-refractivity contribution < 1.29 is 22.7 Å². The summed E-state index contributed by atoms with van der Waals surface area (Å²) in [4.78, 5) is 27.6. The zero-order valence-corrected chi connectivity index (χ0v) is 22.6. The van der Waals surface area contributed by atoms with Crippen LogP contribution in [0.1, 0.15) is 12.5 Å². The van der Waals surface area contributed by atoms with Crippen LogP contribution in [-0.2, 0) is 26.2 Å². The van der Waals surface area contributed by atoms with Gasteiger partial charge < -0.3 is 15.0 Å². The van der Waals surface area contributed by atoms with Gasteiger partial charge >= 0.3 is 0 Å². The highest BCUT2D eigenvalue weighted by atomic mass is 79.9. The fourth-order valence-corrected chi connectivity index (χ4v) is 5.36. The Balaban J connectivity index is 2.05. The fourth-order valence-electron chi connectivity index (χ4n) is 3.65. The molecule has 0 heterocycles. The summed E-state index contributed by atoms with van der Waals surface area (Å²) in [6, 6.07) is 21.0. The monoisotopic (exact) mass is 573 g/mol. The fraction of sp³-hybridized carbons (Fsp3) is 0.231. The van der Waals surface area contributed by atoms with E-state index in [0.717, 1.165) is 14.3 Å². The van der Waals surface area contributed by atoms with Gasteiger partial charge in [0.05, 0.1) is 17.7 Å². The summed E-state index contributed by atoms with van der Waals surface area (Å²) in [6.45, 7) is 1.19. The molecular weight excluding hydrogens is 546 g/mol. The quantitative estimate of drug-likeness (QED) is 0.398. The van der Waals surface area contributed by atoms with Gasteiger partial charge in [0, 0.05) is 18.1 Å². The van der Waals surface area contributed by atoms with Crippen LogP contribution in [0.5, 0.6) is 5.75 Å². The van der Waals surface area contributed by atoms with Crippen molar-refractivity contribution in [2.24, 2.45) is 0 Å². The number of amides is 2. The molecule has 0 aliphatic heterocycles. The number of nitrogens with one attached hydrogen (secondary N) is 1. The lowest BCUT2D eigenvalue weighted by molar-refractivity contribution is -0.139. The van der Waals surface area contributed by atoms with Gasteiger partial charge in [-0.3, -0.25) is 13.9 Å². The number of likely N-dealkylation sites (N-methyl/N-ethyl adjacent to an activating group) is 1. The van der Waals surface area contributed by atoms with Gasteiger partial charge in [0.2, 0.25) is 11.8 Å². The summed E-state index contributed by atoms with van der Waals surface area (Å²) >= 11 is 3.39. The lowest BCUT2D eigenvalue weighted by Gasteiger charge is -2.32. The summed E-state index contributed by atoms with van der Waals surface area (Å²) < 4.78 is 34.8. The molecule has 0 fully saturated rings. The maximum absolute atomic E-state index is 13.7. The minimum absolute atomic E-state index is 0.0301. The van der Waals surface area contributed by atoms with Crippen molar-refractivity contribution in [3.63, 3.8) is 0 Å². The van der Waals surface area contributed by atoms with E-state index in [1.54, 1.807) is 49.4 Å². The normalized spacial score (nSPS) is 11.9. The Labute approximate surface area is 220 Å². The van der Waals surface area contributed by atoms with Gasteiger partial charge in [-0.2, -0.15) is 0 Å². The van der Waals surface area contributed by atoms with Crippen LogP contribution in [0.15, 0.2) is 88.2 Å². The number of nitrogens with zero attached hydrogens (tertiary/aromatic N) is 2. The first-order chi connectivity index (χ1) is 17.2. The maximum atomic E-state index is 13.7. The van der Waals surface area contributed by atoms with Crippen molar-refractivity contribution in [1.82, 2.24) is 10.2 Å². The molecule has 3 aromatic rings. The molecule has 3 aromatic carbocycles. The van der Waals surface area contributed by atoms with Crippen LogP contribution >= 0.6 is 15.9 Å². The number of para-hydroxylation sites is 2. The smallest absolute Gasteiger partial charge is 0.264 e. The van der Waals surface area contributed by atoms with Crippen LogP contribution in [0.4, 0.5) is 5.69 Å². The van der Waals surface area contributed by atoms with Crippen molar-refractivity contribution in [2.45, 2.75) is 24.4 Å². The average molecular weight is 574 g/mol. The summed E-state index contributed by atoms with van der Waals surface area (Å²) in [5, 5.41) is 2.56. The number of hydrogen-bond acceptors (Lipinski definition) is 5. The number of methoxy groups -OCH3 is 1. The predicted molar refractivity (Wildman–Crippen MR) is 142 cm³/mol. The largest absolute Gasteiger partial charge is 0.495 e. The second kappa shape index (κ2) is 12.0. The standard InChI is InChI=1S/C26H28BrN3O5S/c1-19(26(32)28-2)29(17-20-13-15-21(27)16-14-20)25(31)18-30(23-11-7-8-12-24(23)35-3)36(33,34)22-9-5-4-6-10-22/h4-16,19H,17-18H2,1-3H3,(H,28,32)/t19-/m0/s1. The second-order valence-corrected chi connectivity index (χ2v) is 10.7. The number of hydrogen-bond donors (Lipinski definition) is 1. The third kappa shape index (κ3) is 6.24. The van der Waals surface area contributed by atoms with Gasteiger partial charge in [-0.05, 0) is 48.9 Å². The molecule has 10 heteroatoms. The van der Waals surface area contributed by atoms with E-state index in [2.05, 4.69) is 21.2 Å². The minimum atomic E-state index is -4.15. The summed E-state index contributed by atoms with van der Waals surface area (Å²) in [5.74, 6) is -0.613. The molecule has 3 rings (SSSR count).